The van der Waals surface area contributed by atoms with Gasteiger partial charge in [-0.2, -0.15) is 0 Å². The van der Waals surface area contributed by atoms with Gasteiger partial charge in [-0.15, -0.1) is 0 Å². The van der Waals surface area contributed by atoms with Gasteiger partial charge in [0.2, 0.25) is 11.8 Å². The van der Waals surface area contributed by atoms with Crippen molar-refractivity contribution in [2.75, 3.05) is 34.8 Å². The van der Waals surface area contributed by atoms with Crippen molar-refractivity contribution in [3.05, 3.63) is 53.1 Å². The molecule has 0 bridgehead atoms. The molecule has 0 saturated carbocycles. The Morgan fingerprint density at radius 1 is 1.18 bits per heavy atom. The fourth-order valence-corrected chi connectivity index (χ4v) is 3.69. The average Bonchev–Trinajstić information content (AvgIpc) is 3.07. The Kier molecular flexibility index (Phi) is 6.25. The molecule has 1 heterocycles. The molecule has 1 saturated heterocycles. The molecule has 1 N–H and O–H groups in total. The molecule has 148 valence electrons. The smallest absolute Gasteiger partial charge is 0.229 e. The van der Waals surface area contributed by atoms with Gasteiger partial charge in [0.25, 0.3) is 0 Å². The van der Waals surface area contributed by atoms with Crippen LogP contribution in [0.25, 0.3) is 0 Å². The van der Waals surface area contributed by atoms with Crippen LogP contribution in [0.1, 0.15) is 25.8 Å². The zero-order valence-electron chi connectivity index (χ0n) is 16.5. The molecule has 1 fully saturated rings. The molecule has 28 heavy (non-hydrogen) atoms. The lowest BCUT2D eigenvalue weighted by Crippen LogP contribution is -2.28. The Labute approximate surface area is 171 Å². The second-order valence-electron chi connectivity index (χ2n) is 7.04. The second-order valence-corrected chi connectivity index (χ2v) is 7.48. The van der Waals surface area contributed by atoms with Gasteiger partial charge >= 0.3 is 0 Å². The van der Waals surface area contributed by atoms with Gasteiger partial charge in [0.1, 0.15) is 0 Å². The van der Waals surface area contributed by atoms with E-state index < -0.39 is 0 Å². The number of anilines is 3. The first-order valence-electron chi connectivity index (χ1n) is 9.65. The summed E-state index contributed by atoms with van der Waals surface area (Å²) in [6, 6.07) is 13.1. The van der Waals surface area contributed by atoms with Crippen LogP contribution in [-0.4, -0.2) is 31.4 Å². The van der Waals surface area contributed by atoms with Gasteiger partial charge in [-0.1, -0.05) is 11.6 Å². The summed E-state index contributed by atoms with van der Waals surface area (Å²) < 4.78 is 0. The summed E-state index contributed by atoms with van der Waals surface area (Å²) in [6.45, 7) is 8.49. The van der Waals surface area contributed by atoms with E-state index in [1.165, 1.54) is 0 Å². The summed E-state index contributed by atoms with van der Waals surface area (Å²) in [7, 11) is 0. The van der Waals surface area contributed by atoms with Gasteiger partial charge in [-0.25, -0.2) is 0 Å². The van der Waals surface area contributed by atoms with Crippen LogP contribution in [-0.2, 0) is 9.59 Å². The molecule has 2 aromatic carbocycles. The van der Waals surface area contributed by atoms with Gasteiger partial charge in [-0.3, -0.25) is 9.59 Å². The number of hydrogen-bond donors (Lipinski definition) is 1. The van der Waals surface area contributed by atoms with Crippen LogP contribution in [0, 0.1) is 12.8 Å². The number of rotatable bonds is 6. The minimum Gasteiger partial charge on any atom is -0.372 e. The minimum absolute atomic E-state index is 0.0453. The molecule has 0 aliphatic carbocycles. The van der Waals surface area contributed by atoms with Crippen LogP contribution in [0.5, 0.6) is 0 Å². The Morgan fingerprint density at radius 3 is 2.46 bits per heavy atom. The lowest BCUT2D eigenvalue weighted by atomic mass is 10.1. The SMILES string of the molecule is CCN(CC)c1ccc(NC(=O)C2CC(=O)N(c3ccc(Cl)cc3)C2)c(C)c1. The summed E-state index contributed by atoms with van der Waals surface area (Å²) in [5.41, 5.74) is 3.71. The summed E-state index contributed by atoms with van der Waals surface area (Å²) in [6.07, 6.45) is 0.213. The molecule has 3 rings (SSSR count). The first-order valence-corrected chi connectivity index (χ1v) is 10.0. The number of hydrogen-bond acceptors (Lipinski definition) is 3. The maximum Gasteiger partial charge on any atom is 0.229 e. The van der Waals surface area contributed by atoms with Crippen molar-refractivity contribution in [3.8, 4) is 0 Å². The van der Waals surface area contributed by atoms with E-state index in [0.717, 1.165) is 35.7 Å². The van der Waals surface area contributed by atoms with Gasteiger partial charge < -0.3 is 15.1 Å². The predicted octanol–water partition coefficient (Wildman–Crippen LogP) is 4.49. The average molecular weight is 400 g/mol. The number of carbonyl (C=O) groups excluding carboxylic acids is 2. The Balaban J connectivity index is 1.68. The molecule has 1 aliphatic rings. The highest BCUT2D eigenvalue weighted by Gasteiger charge is 2.35. The standard InChI is InChI=1S/C22H26ClN3O2/c1-4-25(5-2)19-10-11-20(15(3)12-19)24-22(28)16-13-21(27)26(14-16)18-8-6-17(23)7-9-18/h6-12,16H,4-5,13-14H2,1-3H3,(H,24,28). The van der Waals surface area contributed by atoms with Crippen molar-refractivity contribution in [2.24, 2.45) is 5.92 Å². The van der Waals surface area contributed by atoms with E-state index in [1.807, 2.05) is 19.1 Å². The zero-order chi connectivity index (χ0) is 20.3. The maximum atomic E-state index is 12.8. The summed E-state index contributed by atoms with van der Waals surface area (Å²) in [5, 5.41) is 3.62. The molecular formula is C22H26ClN3O2. The molecule has 1 unspecified atom stereocenters. The van der Waals surface area contributed by atoms with Gasteiger partial charge in [0, 0.05) is 48.1 Å². The minimum atomic E-state index is -0.370. The third kappa shape index (κ3) is 4.30. The summed E-state index contributed by atoms with van der Waals surface area (Å²) >= 11 is 5.92. The second kappa shape index (κ2) is 8.65. The monoisotopic (exact) mass is 399 g/mol. The van der Waals surface area contributed by atoms with Crippen molar-refractivity contribution in [2.45, 2.75) is 27.2 Å². The third-order valence-corrected chi connectivity index (χ3v) is 5.48. The first-order chi connectivity index (χ1) is 13.4. The molecule has 0 radical (unpaired) electrons. The topological polar surface area (TPSA) is 52.7 Å². The number of halogens is 1. The molecule has 6 heteroatoms. The lowest BCUT2D eigenvalue weighted by Gasteiger charge is -2.22. The number of carbonyl (C=O) groups is 2. The highest BCUT2D eigenvalue weighted by Crippen LogP contribution is 2.28. The predicted molar refractivity (Wildman–Crippen MR) is 115 cm³/mol. The molecule has 1 atom stereocenters. The summed E-state index contributed by atoms with van der Waals surface area (Å²) in [4.78, 5) is 29.1. The van der Waals surface area contributed by atoms with E-state index >= 15 is 0 Å². The van der Waals surface area contributed by atoms with Gasteiger partial charge in [0.05, 0.1) is 5.92 Å². The summed E-state index contributed by atoms with van der Waals surface area (Å²) in [5.74, 6) is -0.537. The Morgan fingerprint density at radius 2 is 1.86 bits per heavy atom. The van der Waals surface area contributed by atoms with Crippen molar-refractivity contribution in [1.82, 2.24) is 0 Å². The number of benzene rings is 2. The lowest BCUT2D eigenvalue weighted by molar-refractivity contribution is -0.122. The van der Waals surface area contributed by atoms with E-state index in [1.54, 1.807) is 29.2 Å². The van der Waals surface area contributed by atoms with Crippen molar-refractivity contribution < 1.29 is 9.59 Å². The van der Waals surface area contributed by atoms with E-state index in [2.05, 4.69) is 30.1 Å². The molecule has 2 aromatic rings. The van der Waals surface area contributed by atoms with Crippen molar-refractivity contribution >= 4 is 40.5 Å². The van der Waals surface area contributed by atoms with Crippen molar-refractivity contribution in [3.63, 3.8) is 0 Å². The molecule has 0 spiro atoms. The number of nitrogens with zero attached hydrogens (tertiary/aromatic N) is 2. The van der Waals surface area contributed by atoms with Crippen LogP contribution in [0.4, 0.5) is 17.1 Å². The number of aryl methyl sites for hydroxylation is 1. The van der Waals surface area contributed by atoms with E-state index in [-0.39, 0.29) is 24.2 Å². The number of nitrogens with one attached hydrogen (secondary N) is 1. The normalized spacial score (nSPS) is 16.4. The Bertz CT molecular complexity index is 863. The number of amides is 2. The van der Waals surface area contributed by atoms with Gasteiger partial charge in [-0.05, 0) is 68.8 Å². The highest BCUT2D eigenvalue weighted by atomic mass is 35.5. The molecule has 2 amide bonds. The van der Waals surface area contributed by atoms with Crippen LogP contribution in [0.15, 0.2) is 42.5 Å². The first kappa shape index (κ1) is 20.2. The molecule has 1 aliphatic heterocycles. The largest absolute Gasteiger partial charge is 0.372 e. The molecular weight excluding hydrogens is 374 g/mol. The van der Waals surface area contributed by atoms with Crippen LogP contribution >= 0.6 is 11.6 Å². The quantitative estimate of drug-likeness (QED) is 0.778. The van der Waals surface area contributed by atoms with E-state index in [0.29, 0.717) is 11.6 Å². The molecule has 5 nitrogen and oxygen atoms in total. The fourth-order valence-electron chi connectivity index (χ4n) is 3.56. The van der Waals surface area contributed by atoms with Crippen LogP contribution < -0.4 is 15.1 Å². The third-order valence-electron chi connectivity index (χ3n) is 5.23. The van der Waals surface area contributed by atoms with E-state index in [4.69, 9.17) is 11.6 Å². The Hall–Kier alpha value is -2.53. The maximum absolute atomic E-state index is 12.8. The highest BCUT2D eigenvalue weighted by molar-refractivity contribution is 6.30. The zero-order valence-corrected chi connectivity index (χ0v) is 17.3. The van der Waals surface area contributed by atoms with E-state index in [9.17, 15) is 9.59 Å². The van der Waals surface area contributed by atoms with Crippen LogP contribution in [0.3, 0.4) is 0 Å². The fraction of sp³-hybridized carbons (Fsp3) is 0.364. The van der Waals surface area contributed by atoms with Gasteiger partial charge in [0.15, 0.2) is 0 Å². The van der Waals surface area contributed by atoms with Crippen molar-refractivity contribution in [1.29, 1.82) is 0 Å². The van der Waals surface area contributed by atoms with Crippen LogP contribution in [0.2, 0.25) is 5.02 Å². The molecule has 0 aromatic heterocycles.